The van der Waals surface area contributed by atoms with Crippen molar-refractivity contribution in [2.24, 2.45) is 5.73 Å². The first-order chi connectivity index (χ1) is 7.66. The van der Waals surface area contributed by atoms with Crippen molar-refractivity contribution in [3.63, 3.8) is 0 Å². The van der Waals surface area contributed by atoms with Crippen LogP contribution in [0.4, 0.5) is 0 Å². The van der Waals surface area contributed by atoms with Crippen LogP contribution in [0.3, 0.4) is 0 Å². The van der Waals surface area contributed by atoms with E-state index in [1.165, 1.54) is 4.31 Å². The number of nitrogens with two attached hydrogens (primary N) is 1. The molecule has 0 radical (unpaired) electrons. The molecule has 0 spiro atoms. The number of hydrogen-bond donors (Lipinski definition) is 2. The molecule has 0 aromatic rings. The molecule has 0 aromatic heterocycles. The van der Waals surface area contributed by atoms with Gasteiger partial charge in [-0.2, -0.15) is 4.31 Å². The van der Waals surface area contributed by atoms with Crippen LogP contribution in [-0.2, 0) is 14.8 Å². The third-order valence-corrected chi connectivity index (χ3v) is 4.44. The Bertz CT molecular complexity index is 394. The average Bonchev–Trinajstić information content (AvgIpc) is 2.13. The van der Waals surface area contributed by atoms with Gasteiger partial charge < -0.3 is 15.6 Å². The van der Waals surface area contributed by atoms with Crippen molar-refractivity contribution in [3.05, 3.63) is 0 Å². The summed E-state index contributed by atoms with van der Waals surface area (Å²) in [5.41, 5.74) is 4.63. The van der Waals surface area contributed by atoms with Gasteiger partial charge in [-0.3, -0.25) is 0 Å². The van der Waals surface area contributed by atoms with Gasteiger partial charge in [0, 0.05) is 13.1 Å². The van der Waals surface area contributed by atoms with Crippen molar-refractivity contribution < 1.29 is 18.3 Å². The quantitative estimate of drug-likeness (QED) is 0.647. The SMILES string of the molecule is CC1(C)CN(S(=O)(=O)CC(N)=S)CC(CO)O1. The largest absolute Gasteiger partial charge is 0.394 e. The number of aliphatic hydroxyl groups is 1. The number of ether oxygens (including phenoxy) is 1. The summed E-state index contributed by atoms with van der Waals surface area (Å²) in [5.74, 6) is -0.351. The number of aliphatic hydroxyl groups excluding tert-OH is 1. The van der Waals surface area contributed by atoms with E-state index in [1.807, 2.05) is 0 Å². The van der Waals surface area contributed by atoms with Crippen molar-refractivity contribution >= 4 is 27.2 Å². The molecule has 1 heterocycles. The molecule has 1 atom stereocenters. The number of rotatable bonds is 4. The molecule has 0 aliphatic carbocycles. The first kappa shape index (κ1) is 14.8. The molecule has 8 heteroatoms. The van der Waals surface area contributed by atoms with Crippen LogP contribution < -0.4 is 5.73 Å². The number of hydrogen-bond acceptors (Lipinski definition) is 5. The van der Waals surface area contributed by atoms with E-state index in [0.717, 1.165) is 0 Å². The minimum Gasteiger partial charge on any atom is -0.394 e. The number of nitrogens with zero attached hydrogens (tertiary/aromatic N) is 1. The molecular weight excluding hydrogens is 264 g/mol. The Balaban J connectivity index is 2.86. The Labute approximate surface area is 107 Å². The Morgan fingerprint density at radius 1 is 1.65 bits per heavy atom. The van der Waals surface area contributed by atoms with Gasteiger partial charge in [0.2, 0.25) is 10.0 Å². The molecule has 0 aromatic carbocycles. The maximum atomic E-state index is 12.0. The van der Waals surface area contributed by atoms with Gasteiger partial charge in [-0.05, 0) is 13.8 Å². The van der Waals surface area contributed by atoms with E-state index in [9.17, 15) is 8.42 Å². The van der Waals surface area contributed by atoms with Gasteiger partial charge in [0.05, 0.1) is 23.3 Å². The minimum atomic E-state index is -3.52. The monoisotopic (exact) mass is 282 g/mol. The molecule has 6 nitrogen and oxygen atoms in total. The van der Waals surface area contributed by atoms with E-state index in [4.69, 9.17) is 15.6 Å². The summed E-state index contributed by atoms with van der Waals surface area (Å²) < 4.78 is 30.7. The predicted molar refractivity (Wildman–Crippen MR) is 68.2 cm³/mol. The van der Waals surface area contributed by atoms with Crippen LogP contribution in [0.2, 0.25) is 0 Å². The van der Waals surface area contributed by atoms with E-state index < -0.39 is 21.7 Å². The lowest BCUT2D eigenvalue weighted by atomic mass is 10.1. The smallest absolute Gasteiger partial charge is 0.220 e. The summed E-state index contributed by atoms with van der Waals surface area (Å²) in [6, 6.07) is 0. The highest BCUT2D eigenvalue weighted by molar-refractivity contribution is 7.92. The van der Waals surface area contributed by atoms with E-state index in [1.54, 1.807) is 13.8 Å². The zero-order chi connectivity index (χ0) is 13.3. The van der Waals surface area contributed by atoms with Gasteiger partial charge >= 0.3 is 0 Å². The third kappa shape index (κ3) is 4.14. The second-order valence-corrected chi connectivity index (χ2v) is 7.19. The Hall–Kier alpha value is -0.280. The number of morpholine rings is 1. The maximum absolute atomic E-state index is 12.0. The molecule has 1 aliphatic heterocycles. The summed E-state index contributed by atoms with van der Waals surface area (Å²) in [7, 11) is -3.52. The van der Waals surface area contributed by atoms with Crippen LogP contribution in [0.25, 0.3) is 0 Å². The normalized spacial score (nSPS) is 25.7. The highest BCUT2D eigenvalue weighted by Crippen LogP contribution is 2.23. The fraction of sp³-hybridized carbons (Fsp3) is 0.889. The van der Waals surface area contributed by atoms with Gasteiger partial charge in [0.1, 0.15) is 5.75 Å². The summed E-state index contributed by atoms with van der Waals surface area (Å²) in [6.45, 7) is 3.69. The Kier molecular flexibility index (Phi) is 4.48. The van der Waals surface area contributed by atoms with Crippen molar-refractivity contribution in [2.45, 2.75) is 25.6 Å². The molecule has 17 heavy (non-hydrogen) atoms. The van der Waals surface area contributed by atoms with Gasteiger partial charge in [-0.25, -0.2) is 8.42 Å². The topological polar surface area (TPSA) is 92.9 Å². The molecule has 1 fully saturated rings. The zero-order valence-electron chi connectivity index (χ0n) is 9.92. The molecule has 100 valence electrons. The summed E-state index contributed by atoms with van der Waals surface area (Å²) >= 11 is 4.62. The lowest BCUT2D eigenvalue weighted by molar-refractivity contribution is -0.131. The van der Waals surface area contributed by atoms with Crippen LogP contribution in [0.5, 0.6) is 0 Å². The molecule has 1 unspecified atom stereocenters. The predicted octanol–water partition coefficient (Wildman–Crippen LogP) is -0.926. The van der Waals surface area contributed by atoms with Gasteiger partial charge in [-0.1, -0.05) is 12.2 Å². The van der Waals surface area contributed by atoms with Crippen molar-refractivity contribution in [1.29, 1.82) is 0 Å². The van der Waals surface area contributed by atoms with Crippen LogP contribution in [-0.4, -0.2) is 60.0 Å². The fourth-order valence-corrected chi connectivity index (χ4v) is 3.71. The van der Waals surface area contributed by atoms with E-state index in [-0.39, 0.29) is 30.4 Å². The molecule has 1 aliphatic rings. The Morgan fingerprint density at radius 2 is 2.24 bits per heavy atom. The second kappa shape index (κ2) is 5.15. The third-order valence-electron chi connectivity index (χ3n) is 2.37. The van der Waals surface area contributed by atoms with Gasteiger partial charge in [0.25, 0.3) is 0 Å². The van der Waals surface area contributed by atoms with E-state index in [2.05, 4.69) is 12.2 Å². The standard InChI is InChI=1S/C9H18N2O4S2/c1-9(2)6-11(3-7(4-12)15-9)17(13,14)5-8(10)16/h7,12H,3-6H2,1-2H3,(H2,10,16). The molecule has 1 saturated heterocycles. The second-order valence-electron chi connectivity index (χ2n) is 4.70. The molecule has 0 bridgehead atoms. The van der Waals surface area contributed by atoms with Crippen molar-refractivity contribution in [1.82, 2.24) is 4.31 Å². The average molecular weight is 282 g/mol. The molecule has 0 amide bonds. The summed E-state index contributed by atoms with van der Waals surface area (Å²) in [6.07, 6.45) is -0.514. The van der Waals surface area contributed by atoms with Gasteiger partial charge in [-0.15, -0.1) is 0 Å². The summed E-state index contributed by atoms with van der Waals surface area (Å²) in [4.78, 5) is -0.0603. The highest BCUT2D eigenvalue weighted by Gasteiger charge is 2.38. The van der Waals surface area contributed by atoms with Crippen molar-refractivity contribution in [3.8, 4) is 0 Å². The molecule has 0 saturated carbocycles. The number of sulfonamides is 1. The maximum Gasteiger partial charge on any atom is 0.220 e. The van der Waals surface area contributed by atoms with Crippen LogP contribution in [0, 0.1) is 0 Å². The highest BCUT2D eigenvalue weighted by atomic mass is 32.2. The molecule has 3 N–H and O–H groups in total. The number of thiocarbonyl (C=S) groups is 1. The van der Waals surface area contributed by atoms with Gasteiger partial charge in [0.15, 0.2) is 0 Å². The van der Waals surface area contributed by atoms with E-state index in [0.29, 0.717) is 0 Å². The lowest BCUT2D eigenvalue weighted by Gasteiger charge is -2.41. The first-order valence-corrected chi connectivity index (χ1v) is 7.23. The van der Waals surface area contributed by atoms with Crippen LogP contribution >= 0.6 is 12.2 Å². The van der Waals surface area contributed by atoms with Crippen LogP contribution in [0.1, 0.15) is 13.8 Å². The first-order valence-electron chi connectivity index (χ1n) is 5.21. The Morgan fingerprint density at radius 3 is 2.71 bits per heavy atom. The molecular formula is C9H18N2O4S2. The summed E-state index contributed by atoms with van der Waals surface area (Å²) in [5, 5.41) is 9.09. The zero-order valence-corrected chi connectivity index (χ0v) is 11.6. The lowest BCUT2D eigenvalue weighted by Crippen LogP contribution is -2.56. The molecule has 1 rings (SSSR count). The van der Waals surface area contributed by atoms with E-state index >= 15 is 0 Å². The van der Waals surface area contributed by atoms with Crippen LogP contribution in [0.15, 0.2) is 0 Å². The fourth-order valence-electron chi connectivity index (χ4n) is 1.82. The van der Waals surface area contributed by atoms with Crippen molar-refractivity contribution in [2.75, 3.05) is 25.4 Å². The minimum absolute atomic E-state index is 0.0603.